The zero-order chi connectivity index (χ0) is 10.1. The Bertz CT molecular complexity index is 516. The van der Waals surface area contributed by atoms with Gasteiger partial charge in [-0.05, 0) is 30.8 Å². The topological polar surface area (TPSA) is 28.7 Å². The number of nitrogens with zero attached hydrogens (tertiary/aromatic N) is 1. The van der Waals surface area contributed by atoms with Gasteiger partial charge in [0.2, 0.25) is 0 Å². The number of aromatic amines is 1. The van der Waals surface area contributed by atoms with Crippen molar-refractivity contribution in [1.82, 2.24) is 10.2 Å². The molecular weight excluding hydrogens is 219 g/mol. The first-order valence-electron chi connectivity index (χ1n) is 3.99. The number of hydrogen-bond acceptors (Lipinski definition) is 3. The van der Waals surface area contributed by atoms with Crippen molar-refractivity contribution >= 4 is 23.6 Å². The van der Waals surface area contributed by atoms with Crippen molar-refractivity contribution in [1.29, 1.82) is 0 Å². The molecule has 2 nitrogen and oxygen atoms in total. The van der Waals surface area contributed by atoms with Crippen LogP contribution in [0.15, 0.2) is 18.2 Å². The van der Waals surface area contributed by atoms with E-state index in [1.807, 2.05) is 6.07 Å². The number of H-pyrrole nitrogens is 1. The van der Waals surface area contributed by atoms with Crippen LogP contribution in [0.5, 0.6) is 0 Å². The highest BCUT2D eigenvalue weighted by atomic mass is 32.1. The van der Waals surface area contributed by atoms with E-state index in [9.17, 15) is 4.39 Å². The minimum Gasteiger partial charge on any atom is -0.258 e. The molecule has 72 valence electrons. The summed E-state index contributed by atoms with van der Waals surface area (Å²) in [6.45, 7) is 1.73. The molecule has 0 unspecified atom stereocenters. The first-order valence-corrected chi connectivity index (χ1v) is 5.21. The van der Waals surface area contributed by atoms with Gasteiger partial charge in [-0.2, -0.15) is 5.10 Å². The molecule has 14 heavy (non-hydrogen) atoms. The summed E-state index contributed by atoms with van der Waals surface area (Å²) in [5, 5.41) is 7.36. The lowest BCUT2D eigenvalue weighted by molar-refractivity contribution is 0.619. The average Bonchev–Trinajstić information content (AvgIpc) is 2.57. The second kappa shape index (κ2) is 3.59. The molecule has 1 aromatic heterocycles. The van der Waals surface area contributed by atoms with E-state index in [0.29, 0.717) is 14.5 Å². The molecule has 0 saturated carbocycles. The Labute approximate surface area is 89.4 Å². The molecule has 5 heteroatoms. The van der Waals surface area contributed by atoms with E-state index < -0.39 is 0 Å². The van der Waals surface area contributed by atoms with Crippen LogP contribution in [0.3, 0.4) is 0 Å². The summed E-state index contributed by atoms with van der Waals surface area (Å²) in [5.74, 6) is -0.219. The Balaban J connectivity index is 2.52. The van der Waals surface area contributed by atoms with E-state index in [0.717, 1.165) is 5.56 Å². The Hall–Kier alpha value is -1.07. The van der Waals surface area contributed by atoms with Crippen molar-refractivity contribution in [3.8, 4) is 10.6 Å². The molecule has 0 atom stereocenters. The van der Waals surface area contributed by atoms with Gasteiger partial charge in [0.25, 0.3) is 0 Å². The molecular formula is C9H7FN2S2. The second-order valence-corrected chi connectivity index (χ2v) is 4.55. The third-order valence-corrected chi connectivity index (χ3v) is 3.00. The summed E-state index contributed by atoms with van der Waals surface area (Å²) in [4.78, 5) is 0. The molecule has 0 saturated heterocycles. The molecule has 0 radical (unpaired) electrons. The Morgan fingerprint density at radius 3 is 2.86 bits per heavy atom. The summed E-state index contributed by atoms with van der Waals surface area (Å²) in [7, 11) is 0. The maximum absolute atomic E-state index is 13.2. The van der Waals surface area contributed by atoms with Gasteiger partial charge in [-0.1, -0.05) is 23.5 Å². The Morgan fingerprint density at radius 1 is 1.50 bits per heavy atom. The molecule has 0 aliphatic rings. The normalized spacial score (nSPS) is 10.4. The van der Waals surface area contributed by atoms with Crippen LogP contribution in [0, 0.1) is 16.7 Å². The molecule has 0 amide bonds. The van der Waals surface area contributed by atoms with Crippen molar-refractivity contribution in [2.75, 3.05) is 0 Å². The van der Waals surface area contributed by atoms with Gasteiger partial charge < -0.3 is 0 Å². The maximum Gasteiger partial charge on any atom is 0.176 e. The van der Waals surface area contributed by atoms with E-state index in [1.54, 1.807) is 13.0 Å². The number of hydrogen-bond donors (Lipinski definition) is 1. The average molecular weight is 226 g/mol. The van der Waals surface area contributed by atoms with E-state index >= 15 is 0 Å². The monoisotopic (exact) mass is 226 g/mol. The molecule has 1 heterocycles. The summed E-state index contributed by atoms with van der Waals surface area (Å²) in [6, 6.07) is 5.03. The van der Waals surface area contributed by atoms with Gasteiger partial charge in [-0.15, -0.1) is 0 Å². The fourth-order valence-corrected chi connectivity index (χ4v) is 1.96. The second-order valence-electron chi connectivity index (χ2n) is 2.88. The van der Waals surface area contributed by atoms with Gasteiger partial charge in [0, 0.05) is 5.56 Å². The van der Waals surface area contributed by atoms with Crippen molar-refractivity contribution < 1.29 is 4.39 Å². The van der Waals surface area contributed by atoms with Crippen LogP contribution >= 0.6 is 23.6 Å². The molecule has 0 aliphatic carbocycles. The minimum absolute atomic E-state index is 0.219. The molecule has 2 aromatic rings. The Kier molecular flexibility index (Phi) is 2.43. The highest BCUT2D eigenvalue weighted by molar-refractivity contribution is 7.73. The van der Waals surface area contributed by atoms with E-state index in [-0.39, 0.29) is 5.82 Å². The first kappa shape index (κ1) is 9.48. The lowest BCUT2D eigenvalue weighted by Gasteiger charge is -1.98. The standard InChI is InChI=1S/C9H7FN2S2/c1-5-2-3-6(4-7(5)10)8-11-12-9(13)14-8/h2-4H,1H3,(H,12,13). The predicted octanol–water partition coefficient (Wildman–Crippen LogP) is 3.32. The third kappa shape index (κ3) is 1.73. The van der Waals surface area contributed by atoms with Gasteiger partial charge in [0.15, 0.2) is 3.95 Å². The molecule has 0 spiro atoms. The molecule has 0 aliphatic heterocycles. The zero-order valence-corrected chi connectivity index (χ0v) is 9.01. The molecule has 0 bridgehead atoms. The maximum atomic E-state index is 13.2. The smallest absolute Gasteiger partial charge is 0.176 e. The van der Waals surface area contributed by atoms with Crippen LogP contribution in [-0.4, -0.2) is 10.2 Å². The van der Waals surface area contributed by atoms with Crippen LogP contribution in [-0.2, 0) is 0 Å². The molecule has 1 N–H and O–H groups in total. The van der Waals surface area contributed by atoms with Gasteiger partial charge >= 0.3 is 0 Å². The van der Waals surface area contributed by atoms with Gasteiger partial charge in [0.05, 0.1) is 0 Å². The number of aromatic nitrogens is 2. The largest absolute Gasteiger partial charge is 0.258 e. The van der Waals surface area contributed by atoms with Crippen molar-refractivity contribution in [3.63, 3.8) is 0 Å². The van der Waals surface area contributed by atoms with Crippen LogP contribution in [0.25, 0.3) is 10.6 Å². The lowest BCUT2D eigenvalue weighted by atomic mass is 10.1. The van der Waals surface area contributed by atoms with E-state index in [2.05, 4.69) is 10.2 Å². The molecule has 2 rings (SSSR count). The highest BCUT2D eigenvalue weighted by Gasteiger charge is 2.04. The van der Waals surface area contributed by atoms with Gasteiger partial charge in [0.1, 0.15) is 10.8 Å². The van der Waals surface area contributed by atoms with Gasteiger partial charge in [-0.25, -0.2) is 4.39 Å². The number of halogens is 1. The number of benzene rings is 1. The summed E-state index contributed by atoms with van der Waals surface area (Å²) in [5.41, 5.74) is 1.39. The van der Waals surface area contributed by atoms with E-state index in [1.165, 1.54) is 17.4 Å². The predicted molar refractivity (Wildman–Crippen MR) is 57.4 cm³/mol. The van der Waals surface area contributed by atoms with E-state index in [4.69, 9.17) is 12.2 Å². The van der Waals surface area contributed by atoms with Crippen molar-refractivity contribution in [2.24, 2.45) is 0 Å². The number of aryl methyl sites for hydroxylation is 1. The zero-order valence-electron chi connectivity index (χ0n) is 7.37. The van der Waals surface area contributed by atoms with Crippen molar-refractivity contribution in [2.45, 2.75) is 6.92 Å². The van der Waals surface area contributed by atoms with Crippen LogP contribution in [0.1, 0.15) is 5.56 Å². The number of nitrogens with one attached hydrogen (secondary N) is 1. The summed E-state index contributed by atoms with van der Waals surface area (Å²) >= 11 is 6.24. The SMILES string of the molecule is Cc1ccc(-c2n[nH]c(=S)s2)cc1F. The number of rotatable bonds is 1. The summed E-state index contributed by atoms with van der Waals surface area (Å²) in [6.07, 6.45) is 0. The molecule has 1 aromatic carbocycles. The quantitative estimate of drug-likeness (QED) is 0.756. The molecule has 0 fully saturated rings. The van der Waals surface area contributed by atoms with Crippen molar-refractivity contribution in [3.05, 3.63) is 33.5 Å². The van der Waals surface area contributed by atoms with Gasteiger partial charge in [-0.3, -0.25) is 5.10 Å². The fraction of sp³-hybridized carbons (Fsp3) is 0.111. The van der Waals surface area contributed by atoms with Crippen LogP contribution < -0.4 is 0 Å². The van der Waals surface area contributed by atoms with Crippen LogP contribution in [0.4, 0.5) is 4.39 Å². The lowest BCUT2D eigenvalue weighted by Crippen LogP contribution is -1.83. The highest BCUT2D eigenvalue weighted by Crippen LogP contribution is 2.23. The van der Waals surface area contributed by atoms with Crippen LogP contribution in [0.2, 0.25) is 0 Å². The summed E-state index contributed by atoms with van der Waals surface area (Å²) < 4.78 is 13.8. The minimum atomic E-state index is -0.219. The fourth-order valence-electron chi connectivity index (χ4n) is 1.08. The first-order chi connectivity index (χ1) is 6.66. The third-order valence-electron chi connectivity index (χ3n) is 1.86. The Morgan fingerprint density at radius 2 is 2.29 bits per heavy atom.